The average Bonchev–Trinajstić information content (AvgIpc) is 3.09. The van der Waals surface area contributed by atoms with Gasteiger partial charge in [0.2, 0.25) is 0 Å². The Kier molecular flexibility index (Phi) is 3.84. The Hall–Kier alpha value is -2.56. The highest BCUT2D eigenvalue weighted by Gasteiger charge is 2.29. The Balaban J connectivity index is 1.46. The molecule has 1 saturated heterocycles. The van der Waals surface area contributed by atoms with E-state index < -0.39 is 0 Å². The third kappa shape index (κ3) is 2.82. The summed E-state index contributed by atoms with van der Waals surface area (Å²) >= 11 is 0. The summed E-state index contributed by atoms with van der Waals surface area (Å²) in [5, 5.41) is 6.32. The minimum Gasteiger partial charge on any atom is -0.371 e. The lowest BCUT2D eigenvalue weighted by molar-refractivity contribution is 0.0608. The van der Waals surface area contributed by atoms with E-state index in [9.17, 15) is 4.79 Å². The summed E-state index contributed by atoms with van der Waals surface area (Å²) in [6, 6.07) is 8.33. The second-order valence-electron chi connectivity index (χ2n) is 6.55. The van der Waals surface area contributed by atoms with E-state index in [0.29, 0.717) is 6.04 Å². The Labute approximate surface area is 142 Å². The monoisotopic (exact) mass is 322 g/mol. The fourth-order valence-electron chi connectivity index (χ4n) is 3.56. The molecule has 124 valence electrons. The maximum atomic E-state index is 12.8. The van der Waals surface area contributed by atoms with E-state index in [4.69, 9.17) is 0 Å². The molecule has 0 radical (unpaired) electrons. The van der Waals surface area contributed by atoms with Crippen molar-refractivity contribution in [2.24, 2.45) is 5.10 Å². The first-order valence-corrected chi connectivity index (χ1v) is 8.50. The highest BCUT2D eigenvalue weighted by atomic mass is 16.2. The van der Waals surface area contributed by atoms with E-state index in [0.717, 1.165) is 49.3 Å². The lowest BCUT2D eigenvalue weighted by Gasteiger charge is -2.38. The van der Waals surface area contributed by atoms with Gasteiger partial charge in [-0.05, 0) is 30.3 Å². The number of hydrogen-bond acceptors (Lipinski definition) is 4. The van der Waals surface area contributed by atoms with Gasteiger partial charge in [0.1, 0.15) is 0 Å². The third-order valence-corrected chi connectivity index (χ3v) is 4.90. The minimum atomic E-state index is 0.135. The zero-order valence-electron chi connectivity index (χ0n) is 13.9. The van der Waals surface area contributed by atoms with E-state index in [-0.39, 0.29) is 5.91 Å². The third-order valence-electron chi connectivity index (χ3n) is 4.90. The number of carbonyl (C=O) groups excluding carboxylic acids is 1. The highest BCUT2D eigenvalue weighted by Crippen LogP contribution is 2.21. The van der Waals surface area contributed by atoms with Crippen LogP contribution in [-0.4, -0.2) is 59.2 Å². The molecule has 0 N–H and O–H groups in total. The van der Waals surface area contributed by atoms with Crippen molar-refractivity contribution in [3.05, 3.63) is 59.9 Å². The summed E-state index contributed by atoms with van der Waals surface area (Å²) in [7, 11) is 1.92. The Morgan fingerprint density at radius 2 is 1.96 bits per heavy atom. The smallest absolute Gasteiger partial charge is 0.253 e. The number of allylic oxidation sites excluding steroid dienone is 1. The maximum Gasteiger partial charge on any atom is 0.253 e. The van der Waals surface area contributed by atoms with Crippen molar-refractivity contribution in [1.82, 2.24) is 14.8 Å². The van der Waals surface area contributed by atoms with Gasteiger partial charge in [-0.2, -0.15) is 5.10 Å². The highest BCUT2D eigenvalue weighted by molar-refractivity contribution is 6.02. The molecule has 1 aromatic carbocycles. The molecule has 0 saturated carbocycles. The van der Waals surface area contributed by atoms with E-state index in [1.165, 1.54) is 0 Å². The molecule has 1 fully saturated rings. The molecule has 0 aromatic heterocycles. The quantitative estimate of drug-likeness (QED) is 0.838. The number of hydrazone groups is 1. The number of benzene rings is 1. The fraction of sp³-hybridized carbons (Fsp3) is 0.368. The van der Waals surface area contributed by atoms with Crippen LogP contribution in [-0.2, 0) is 0 Å². The van der Waals surface area contributed by atoms with Crippen molar-refractivity contribution in [2.75, 3.05) is 26.7 Å². The van der Waals surface area contributed by atoms with E-state index in [2.05, 4.69) is 28.4 Å². The van der Waals surface area contributed by atoms with E-state index in [1.54, 1.807) is 0 Å². The molecule has 0 unspecified atom stereocenters. The lowest BCUT2D eigenvalue weighted by Crippen LogP contribution is -2.51. The Bertz CT molecular complexity index is 719. The largest absolute Gasteiger partial charge is 0.371 e. The van der Waals surface area contributed by atoms with Crippen LogP contribution < -0.4 is 0 Å². The van der Waals surface area contributed by atoms with E-state index in [1.807, 2.05) is 47.4 Å². The van der Waals surface area contributed by atoms with Gasteiger partial charge in [-0.25, -0.2) is 0 Å². The number of fused-ring (bicyclic) bond motifs is 1. The molecule has 1 atom stereocenters. The number of nitrogens with zero attached hydrogens (tertiary/aromatic N) is 4. The maximum absolute atomic E-state index is 12.8. The van der Waals surface area contributed by atoms with Crippen LogP contribution in [0.2, 0.25) is 0 Å². The van der Waals surface area contributed by atoms with Crippen molar-refractivity contribution in [3.8, 4) is 0 Å². The van der Waals surface area contributed by atoms with Crippen LogP contribution >= 0.6 is 0 Å². The van der Waals surface area contributed by atoms with Gasteiger partial charge in [0.25, 0.3) is 5.91 Å². The zero-order valence-corrected chi connectivity index (χ0v) is 13.9. The summed E-state index contributed by atoms with van der Waals surface area (Å²) in [4.78, 5) is 17.1. The Morgan fingerprint density at radius 3 is 2.75 bits per heavy atom. The van der Waals surface area contributed by atoms with Gasteiger partial charge in [-0.1, -0.05) is 24.3 Å². The zero-order chi connectivity index (χ0) is 16.5. The summed E-state index contributed by atoms with van der Waals surface area (Å²) in [6.45, 7) is 2.54. The van der Waals surface area contributed by atoms with Crippen LogP contribution in [0, 0.1) is 0 Å². The van der Waals surface area contributed by atoms with Crippen molar-refractivity contribution in [2.45, 2.75) is 18.9 Å². The minimum absolute atomic E-state index is 0.135. The summed E-state index contributed by atoms with van der Waals surface area (Å²) < 4.78 is 0. The molecule has 0 bridgehead atoms. The number of rotatable bonds is 2. The predicted octanol–water partition coefficient (Wildman–Crippen LogP) is 2.28. The summed E-state index contributed by atoms with van der Waals surface area (Å²) in [5.74, 6) is 0.135. The summed E-state index contributed by atoms with van der Waals surface area (Å²) in [6.07, 6.45) is 10.3. The van der Waals surface area contributed by atoms with Crippen molar-refractivity contribution < 1.29 is 4.79 Å². The Morgan fingerprint density at radius 1 is 1.12 bits per heavy atom. The molecule has 4 rings (SSSR count). The van der Waals surface area contributed by atoms with Crippen LogP contribution in [0.4, 0.5) is 0 Å². The standard InChI is InChI=1S/C19H22N4O/c1-21-10-3-5-18(20-21)15-6-8-16(9-7-15)19(24)23-13-12-22-11-2-4-17(22)14-23/h2-3,6-11,17H,4-5,12-14H2,1H3/t17-/m0/s1. The van der Waals surface area contributed by atoms with E-state index >= 15 is 0 Å². The van der Waals surface area contributed by atoms with Gasteiger partial charge in [-0.3, -0.25) is 9.80 Å². The molecular formula is C19H22N4O. The number of hydrogen-bond donors (Lipinski definition) is 0. The molecule has 24 heavy (non-hydrogen) atoms. The molecular weight excluding hydrogens is 300 g/mol. The van der Waals surface area contributed by atoms with Crippen LogP contribution in [0.5, 0.6) is 0 Å². The predicted molar refractivity (Wildman–Crippen MR) is 94.7 cm³/mol. The number of amides is 1. The molecule has 1 amide bonds. The number of carbonyl (C=O) groups is 1. The van der Waals surface area contributed by atoms with Crippen LogP contribution in [0.1, 0.15) is 28.8 Å². The lowest BCUT2D eigenvalue weighted by atomic mass is 10.0. The van der Waals surface area contributed by atoms with Crippen molar-refractivity contribution in [3.63, 3.8) is 0 Å². The van der Waals surface area contributed by atoms with Crippen LogP contribution in [0.3, 0.4) is 0 Å². The average molecular weight is 322 g/mol. The van der Waals surface area contributed by atoms with Crippen molar-refractivity contribution >= 4 is 11.6 Å². The normalized spacial score (nSPS) is 22.6. The van der Waals surface area contributed by atoms with Gasteiger partial charge < -0.3 is 9.80 Å². The molecule has 5 heteroatoms. The molecule has 5 nitrogen and oxygen atoms in total. The van der Waals surface area contributed by atoms with Crippen LogP contribution in [0.15, 0.2) is 53.9 Å². The van der Waals surface area contributed by atoms with Crippen molar-refractivity contribution in [1.29, 1.82) is 0 Å². The van der Waals surface area contributed by atoms with Gasteiger partial charge in [-0.15, -0.1) is 0 Å². The van der Waals surface area contributed by atoms with Gasteiger partial charge in [0.05, 0.1) is 5.71 Å². The van der Waals surface area contributed by atoms with Crippen LogP contribution in [0.25, 0.3) is 0 Å². The number of piperazine rings is 1. The molecule has 3 aliphatic heterocycles. The fourth-order valence-corrected chi connectivity index (χ4v) is 3.56. The van der Waals surface area contributed by atoms with Gasteiger partial charge in [0, 0.05) is 50.9 Å². The second-order valence-corrected chi connectivity index (χ2v) is 6.55. The summed E-state index contributed by atoms with van der Waals surface area (Å²) in [5.41, 5.74) is 2.87. The topological polar surface area (TPSA) is 39.2 Å². The molecule has 0 aliphatic carbocycles. The first-order valence-electron chi connectivity index (χ1n) is 8.50. The molecule has 3 aliphatic rings. The van der Waals surface area contributed by atoms with Gasteiger partial charge in [0.15, 0.2) is 0 Å². The first-order chi connectivity index (χ1) is 11.7. The SMILES string of the molecule is CN1C=CCC(c2ccc(C(=O)N3CCN4C=CC[C@H]4C3)cc2)=N1. The molecule has 0 spiro atoms. The second kappa shape index (κ2) is 6.15. The molecule has 3 heterocycles. The first kappa shape index (κ1) is 15.0. The molecule has 1 aromatic rings. The van der Waals surface area contributed by atoms with Gasteiger partial charge >= 0.3 is 0 Å².